The smallest absolute Gasteiger partial charge is 0.0235 e. The van der Waals surface area contributed by atoms with Crippen molar-refractivity contribution in [3.63, 3.8) is 0 Å². The van der Waals surface area contributed by atoms with Crippen LogP contribution in [-0.2, 0) is 0 Å². The van der Waals surface area contributed by atoms with E-state index in [1.165, 1.54) is 39.1 Å². The predicted octanol–water partition coefficient (Wildman–Crippen LogP) is 0.963. The van der Waals surface area contributed by atoms with Gasteiger partial charge in [0, 0.05) is 44.8 Å². The highest BCUT2D eigenvalue weighted by molar-refractivity contribution is 4.92. The van der Waals surface area contributed by atoms with Gasteiger partial charge in [-0.25, -0.2) is 0 Å². The summed E-state index contributed by atoms with van der Waals surface area (Å²) >= 11 is 0. The average molecular weight is 225 g/mol. The summed E-state index contributed by atoms with van der Waals surface area (Å²) in [6.45, 7) is 11.1. The molecule has 2 aliphatic heterocycles. The molecule has 94 valence electrons. The van der Waals surface area contributed by atoms with Crippen molar-refractivity contribution in [3.8, 4) is 0 Å². The highest BCUT2D eigenvalue weighted by Gasteiger charge is 2.36. The maximum atomic E-state index is 2.69. The lowest BCUT2D eigenvalue weighted by Crippen LogP contribution is -2.55. The van der Waals surface area contributed by atoms with Crippen LogP contribution in [0.4, 0.5) is 0 Å². The second kappa shape index (κ2) is 5.03. The van der Waals surface area contributed by atoms with Gasteiger partial charge in [0.15, 0.2) is 0 Å². The first-order valence-corrected chi connectivity index (χ1v) is 6.69. The molecule has 2 aliphatic rings. The highest BCUT2D eigenvalue weighted by atomic mass is 15.3. The standard InChI is InChI=1S/C13H27N3/c1-11(2)15-6-5-13(10-15)16-8-12(9-16)7-14(3)4/h11-13H,5-10H2,1-4H3. The second-order valence-corrected chi connectivity index (χ2v) is 6.11. The van der Waals surface area contributed by atoms with Gasteiger partial charge in [-0.1, -0.05) is 0 Å². The summed E-state index contributed by atoms with van der Waals surface area (Å²) in [6.07, 6.45) is 1.38. The largest absolute Gasteiger partial charge is 0.309 e. The van der Waals surface area contributed by atoms with Crippen LogP contribution in [0.25, 0.3) is 0 Å². The zero-order chi connectivity index (χ0) is 11.7. The average Bonchev–Trinajstić information content (AvgIpc) is 2.58. The molecule has 0 aliphatic carbocycles. The molecule has 0 bridgehead atoms. The Morgan fingerprint density at radius 1 is 1.19 bits per heavy atom. The Labute approximate surface area is 100 Å². The van der Waals surface area contributed by atoms with Gasteiger partial charge in [0.05, 0.1) is 0 Å². The minimum atomic E-state index is 0.726. The zero-order valence-electron chi connectivity index (χ0n) is 11.3. The Hall–Kier alpha value is -0.120. The van der Waals surface area contributed by atoms with Crippen molar-refractivity contribution < 1.29 is 0 Å². The quantitative estimate of drug-likeness (QED) is 0.706. The lowest BCUT2D eigenvalue weighted by molar-refractivity contribution is 0.0404. The molecule has 1 unspecified atom stereocenters. The molecular weight excluding hydrogens is 198 g/mol. The maximum absolute atomic E-state index is 2.69. The van der Waals surface area contributed by atoms with Crippen LogP contribution in [0.2, 0.25) is 0 Å². The van der Waals surface area contributed by atoms with Crippen LogP contribution in [0.1, 0.15) is 20.3 Å². The van der Waals surface area contributed by atoms with Crippen LogP contribution in [-0.4, -0.2) is 73.6 Å². The van der Waals surface area contributed by atoms with Gasteiger partial charge in [-0.15, -0.1) is 0 Å². The molecule has 2 rings (SSSR count). The van der Waals surface area contributed by atoms with E-state index in [9.17, 15) is 0 Å². The molecule has 0 amide bonds. The van der Waals surface area contributed by atoms with E-state index >= 15 is 0 Å². The molecule has 3 nitrogen and oxygen atoms in total. The third kappa shape index (κ3) is 2.76. The first-order chi connectivity index (χ1) is 7.56. The van der Waals surface area contributed by atoms with Crippen LogP contribution >= 0.6 is 0 Å². The lowest BCUT2D eigenvalue weighted by atomic mass is 9.97. The molecule has 2 heterocycles. The van der Waals surface area contributed by atoms with Crippen LogP contribution in [0.15, 0.2) is 0 Å². The molecule has 0 saturated carbocycles. The number of nitrogens with zero attached hydrogens (tertiary/aromatic N) is 3. The molecule has 0 aromatic carbocycles. The van der Waals surface area contributed by atoms with Gasteiger partial charge in [0.25, 0.3) is 0 Å². The van der Waals surface area contributed by atoms with Crippen molar-refractivity contribution in [2.24, 2.45) is 5.92 Å². The van der Waals surface area contributed by atoms with Crippen molar-refractivity contribution in [2.45, 2.75) is 32.4 Å². The minimum Gasteiger partial charge on any atom is -0.309 e. The summed E-state index contributed by atoms with van der Waals surface area (Å²) in [7, 11) is 4.36. The summed E-state index contributed by atoms with van der Waals surface area (Å²) in [5.41, 5.74) is 0. The topological polar surface area (TPSA) is 9.72 Å². The molecule has 3 heteroatoms. The number of rotatable bonds is 4. The number of likely N-dealkylation sites (tertiary alicyclic amines) is 2. The number of hydrogen-bond acceptors (Lipinski definition) is 3. The van der Waals surface area contributed by atoms with Gasteiger partial charge in [0.1, 0.15) is 0 Å². The summed E-state index contributed by atoms with van der Waals surface area (Å²) in [5.74, 6) is 0.920. The van der Waals surface area contributed by atoms with E-state index in [1.54, 1.807) is 0 Å². The van der Waals surface area contributed by atoms with E-state index in [4.69, 9.17) is 0 Å². The van der Waals surface area contributed by atoms with E-state index in [-0.39, 0.29) is 0 Å². The zero-order valence-corrected chi connectivity index (χ0v) is 11.3. The summed E-state index contributed by atoms with van der Waals surface area (Å²) < 4.78 is 0. The SMILES string of the molecule is CC(C)N1CCC(N2CC(CN(C)C)C2)C1. The minimum absolute atomic E-state index is 0.726. The highest BCUT2D eigenvalue weighted by Crippen LogP contribution is 2.25. The molecule has 2 fully saturated rings. The van der Waals surface area contributed by atoms with Gasteiger partial charge in [-0.3, -0.25) is 9.80 Å². The normalized spacial score (nSPS) is 29.2. The second-order valence-electron chi connectivity index (χ2n) is 6.11. The number of hydrogen-bond donors (Lipinski definition) is 0. The van der Waals surface area contributed by atoms with Gasteiger partial charge in [0.2, 0.25) is 0 Å². The molecule has 0 aromatic heterocycles. The van der Waals surface area contributed by atoms with Gasteiger partial charge < -0.3 is 4.90 Å². The third-order valence-electron chi connectivity index (χ3n) is 4.05. The summed E-state index contributed by atoms with van der Waals surface area (Å²) in [6, 6.07) is 1.57. The van der Waals surface area contributed by atoms with Gasteiger partial charge in [-0.2, -0.15) is 0 Å². The molecule has 2 saturated heterocycles. The molecule has 1 atom stereocenters. The molecule has 0 aromatic rings. The van der Waals surface area contributed by atoms with Crippen molar-refractivity contribution in [2.75, 3.05) is 46.8 Å². The fourth-order valence-electron chi connectivity index (χ4n) is 3.08. The van der Waals surface area contributed by atoms with Crippen molar-refractivity contribution in [1.82, 2.24) is 14.7 Å². The molecular formula is C13H27N3. The third-order valence-corrected chi connectivity index (χ3v) is 4.05. The van der Waals surface area contributed by atoms with Crippen molar-refractivity contribution >= 4 is 0 Å². The van der Waals surface area contributed by atoms with E-state index in [0.717, 1.165) is 18.0 Å². The van der Waals surface area contributed by atoms with Crippen LogP contribution < -0.4 is 0 Å². The van der Waals surface area contributed by atoms with E-state index in [1.807, 2.05) is 0 Å². The Morgan fingerprint density at radius 2 is 1.88 bits per heavy atom. The molecule has 0 N–H and O–H groups in total. The Bertz CT molecular complexity index is 221. The molecule has 0 spiro atoms. The summed E-state index contributed by atoms with van der Waals surface area (Å²) in [5, 5.41) is 0. The predicted molar refractivity (Wildman–Crippen MR) is 68.7 cm³/mol. The Balaban J connectivity index is 1.69. The molecule has 0 radical (unpaired) electrons. The Kier molecular flexibility index (Phi) is 3.88. The van der Waals surface area contributed by atoms with Gasteiger partial charge >= 0.3 is 0 Å². The lowest BCUT2D eigenvalue weighted by Gasteiger charge is -2.44. The summed E-state index contributed by atoms with van der Waals surface area (Å²) in [4.78, 5) is 7.62. The maximum Gasteiger partial charge on any atom is 0.0235 e. The van der Waals surface area contributed by atoms with Crippen LogP contribution in [0.5, 0.6) is 0 Å². The van der Waals surface area contributed by atoms with Crippen molar-refractivity contribution in [3.05, 3.63) is 0 Å². The molecule has 16 heavy (non-hydrogen) atoms. The van der Waals surface area contributed by atoms with E-state index < -0.39 is 0 Å². The van der Waals surface area contributed by atoms with Crippen LogP contribution in [0.3, 0.4) is 0 Å². The van der Waals surface area contributed by atoms with E-state index in [0.29, 0.717) is 0 Å². The van der Waals surface area contributed by atoms with E-state index in [2.05, 4.69) is 42.6 Å². The van der Waals surface area contributed by atoms with Gasteiger partial charge in [-0.05, 0) is 40.3 Å². The Morgan fingerprint density at radius 3 is 2.38 bits per heavy atom. The monoisotopic (exact) mass is 225 g/mol. The van der Waals surface area contributed by atoms with Crippen molar-refractivity contribution in [1.29, 1.82) is 0 Å². The fraction of sp³-hybridized carbons (Fsp3) is 1.00. The van der Waals surface area contributed by atoms with Crippen LogP contribution in [0, 0.1) is 5.92 Å². The first kappa shape index (κ1) is 12.3. The fourth-order valence-corrected chi connectivity index (χ4v) is 3.08. The first-order valence-electron chi connectivity index (χ1n) is 6.69.